The zero-order valence-electron chi connectivity index (χ0n) is 16.9. The van der Waals surface area contributed by atoms with Crippen LogP contribution < -0.4 is 10.1 Å². The Balaban J connectivity index is 1.74. The lowest BCUT2D eigenvalue weighted by Crippen LogP contribution is -2.14. The van der Waals surface area contributed by atoms with Gasteiger partial charge >= 0.3 is 5.97 Å². The number of hydrogen-bond acceptors (Lipinski definition) is 4. The van der Waals surface area contributed by atoms with Crippen LogP contribution in [0.4, 0.5) is 5.69 Å². The molecule has 1 N–H and O–H groups in total. The van der Waals surface area contributed by atoms with Crippen LogP contribution in [0.15, 0.2) is 66.7 Å². The Morgan fingerprint density at radius 3 is 2.42 bits per heavy atom. The topological polar surface area (TPSA) is 64.6 Å². The Morgan fingerprint density at radius 1 is 0.935 bits per heavy atom. The van der Waals surface area contributed by atoms with E-state index in [1.807, 2.05) is 30.3 Å². The van der Waals surface area contributed by atoms with Crippen molar-refractivity contribution in [3.8, 4) is 5.75 Å². The third kappa shape index (κ3) is 6.48. The molecule has 0 aliphatic heterocycles. The molecule has 0 spiro atoms. The summed E-state index contributed by atoms with van der Waals surface area (Å²) in [6.45, 7) is 2.37. The molecule has 0 saturated carbocycles. The average Bonchev–Trinajstić information content (AvgIpc) is 2.75. The zero-order chi connectivity index (χ0) is 22.2. The predicted octanol–water partition coefficient (Wildman–Crippen LogP) is 5.93. The fourth-order valence-corrected chi connectivity index (χ4v) is 3.30. The number of esters is 1. The van der Waals surface area contributed by atoms with Crippen LogP contribution >= 0.6 is 23.2 Å². The van der Waals surface area contributed by atoms with Gasteiger partial charge in [0.1, 0.15) is 12.4 Å². The Hall–Kier alpha value is -3.02. The molecule has 31 heavy (non-hydrogen) atoms. The number of halogens is 2. The van der Waals surface area contributed by atoms with Gasteiger partial charge in [0, 0.05) is 5.02 Å². The van der Waals surface area contributed by atoms with Gasteiger partial charge in [-0.1, -0.05) is 59.6 Å². The summed E-state index contributed by atoms with van der Waals surface area (Å²) in [4.78, 5) is 24.6. The molecule has 0 bridgehead atoms. The third-order valence-corrected chi connectivity index (χ3v) is 4.91. The van der Waals surface area contributed by atoms with Crippen LogP contribution in [0.5, 0.6) is 5.75 Å². The number of rotatable bonds is 8. The summed E-state index contributed by atoms with van der Waals surface area (Å²) in [5, 5.41) is 3.49. The number of benzene rings is 3. The number of carbonyl (C=O) groups excluding carboxylic acids is 2. The summed E-state index contributed by atoms with van der Waals surface area (Å²) in [6, 6.07) is 19.5. The van der Waals surface area contributed by atoms with E-state index in [1.165, 1.54) is 0 Å². The number of amides is 1. The molecule has 0 atom stereocenters. The molecule has 0 unspecified atom stereocenters. The minimum atomic E-state index is -0.411. The Bertz CT molecular complexity index is 1070. The zero-order valence-corrected chi connectivity index (χ0v) is 18.4. The normalized spacial score (nSPS) is 10.4. The third-order valence-electron chi connectivity index (χ3n) is 4.36. The van der Waals surface area contributed by atoms with Crippen molar-refractivity contribution in [1.29, 1.82) is 0 Å². The van der Waals surface area contributed by atoms with Crippen molar-refractivity contribution in [2.24, 2.45) is 0 Å². The molecule has 0 heterocycles. The second-order valence-corrected chi connectivity index (χ2v) is 7.51. The highest BCUT2D eigenvalue weighted by atomic mass is 35.5. The fraction of sp³-hybridized carbons (Fsp3) is 0.167. The monoisotopic (exact) mass is 457 g/mol. The average molecular weight is 458 g/mol. The predicted molar refractivity (Wildman–Crippen MR) is 122 cm³/mol. The maximum absolute atomic E-state index is 12.9. The molecule has 0 saturated heterocycles. The van der Waals surface area contributed by atoms with E-state index in [0.717, 1.165) is 5.56 Å². The Labute approximate surface area is 190 Å². The van der Waals surface area contributed by atoms with E-state index < -0.39 is 5.91 Å². The summed E-state index contributed by atoms with van der Waals surface area (Å²) in [7, 11) is 0. The first kappa shape index (κ1) is 22.7. The van der Waals surface area contributed by atoms with Crippen LogP contribution in [0.25, 0.3) is 0 Å². The van der Waals surface area contributed by atoms with Crippen LogP contribution in [0, 0.1) is 0 Å². The molecule has 3 aromatic rings. The minimum Gasteiger partial charge on any atom is -0.488 e. The van der Waals surface area contributed by atoms with Crippen molar-refractivity contribution in [3.63, 3.8) is 0 Å². The molecule has 0 aromatic heterocycles. The van der Waals surface area contributed by atoms with E-state index in [1.54, 1.807) is 43.3 Å². The second-order valence-electron chi connectivity index (χ2n) is 6.66. The molecule has 5 nitrogen and oxygen atoms in total. The highest BCUT2D eigenvalue weighted by molar-refractivity contribution is 6.34. The van der Waals surface area contributed by atoms with Gasteiger partial charge in [-0.15, -0.1) is 0 Å². The molecule has 3 aromatic carbocycles. The molecular formula is C24H21Cl2NO4. The van der Waals surface area contributed by atoms with Gasteiger partial charge in [0.25, 0.3) is 5.91 Å². The molecule has 3 rings (SSSR count). The van der Waals surface area contributed by atoms with E-state index in [4.69, 9.17) is 32.7 Å². The van der Waals surface area contributed by atoms with Crippen molar-refractivity contribution < 1.29 is 19.1 Å². The lowest BCUT2D eigenvalue weighted by molar-refractivity contribution is -0.142. The van der Waals surface area contributed by atoms with Crippen LogP contribution in [-0.4, -0.2) is 18.5 Å². The van der Waals surface area contributed by atoms with Crippen LogP contribution in [0.3, 0.4) is 0 Å². The van der Waals surface area contributed by atoms with E-state index in [-0.39, 0.29) is 18.0 Å². The summed E-state index contributed by atoms with van der Waals surface area (Å²) in [5.74, 6) is -0.346. The van der Waals surface area contributed by atoms with Gasteiger partial charge in [0.05, 0.1) is 29.3 Å². The molecule has 7 heteroatoms. The van der Waals surface area contributed by atoms with Gasteiger partial charge in [-0.25, -0.2) is 0 Å². The molecule has 1 amide bonds. The van der Waals surface area contributed by atoms with Crippen molar-refractivity contribution in [2.75, 3.05) is 11.9 Å². The van der Waals surface area contributed by atoms with E-state index in [2.05, 4.69) is 5.32 Å². The molecule has 0 fully saturated rings. The lowest BCUT2D eigenvalue weighted by Gasteiger charge is -2.13. The smallest absolute Gasteiger partial charge is 0.310 e. The second kappa shape index (κ2) is 10.8. The molecule has 0 radical (unpaired) electrons. The van der Waals surface area contributed by atoms with Crippen molar-refractivity contribution >= 4 is 40.8 Å². The van der Waals surface area contributed by atoms with Crippen molar-refractivity contribution in [2.45, 2.75) is 20.0 Å². The van der Waals surface area contributed by atoms with E-state index in [9.17, 15) is 9.59 Å². The Kier molecular flexibility index (Phi) is 7.93. The highest BCUT2D eigenvalue weighted by Gasteiger charge is 2.16. The number of anilines is 1. The molecular weight excluding hydrogens is 437 g/mol. The summed E-state index contributed by atoms with van der Waals surface area (Å²) >= 11 is 12.4. The van der Waals surface area contributed by atoms with Gasteiger partial charge in [0.15, 0.2) is 0 Å². The minimum absolute atomic E-state index is 0.105. The first-order valence-corrected chi connectivity index (χ1v) is 10.4. The van der Waals surface area contributed by atoms with Gasteiger partial charge < -0.3 is 14.8 Å². The number of carbonyl (C=O) groups is 2. The first-order chi connectivity index (χ1) is 15.0. The SMILES string of the molecule is CCOC(=O)Cc1ccc(NC(=O)c2cc(Cl)ccc2OCc2ccccc2)c(Cl)c1. The van der Waals surface area contributed by atoms with Gasteiger partial charge in [-0.05, 0) is 48.4 Å². The summed E-state index contributed by atoms with van der Waals surface area (Å²) in [5.41, 5.74) is 2.36. The molecule has 0 aliphatic rings. The first-order valence-electron chi connectivity index (χ1n) is 9.68. The largest absolute Gasteiger partial charge is 0.488 e. The van der Waals surface area contributed by atoms with E-state index >= 15 is 0 Å². The number of nitrogens with one attached hydrogen (secondary N) is 1. The maximum Gasteiger partial charge on any atom is 0.310 e. The van der Waals surface area contributed by atoms with Crippen molar-refractivity contribution in [3.05, 3.63) is 93.5 Å². The lowest BCUT2D eigenvalue weighted by atomic mass is 10.1. The standard InChI is InChI=1S/C24H21Cl2NO4/c1-2-30-23(28)13-17-8-10-21(20(26)12-17)27-24(29)19-14-18(25)9-11-22(19)31-15-16-6-4-3-5-7-16/h3-12,14H,2,13,15H2,1H3,(H,27,29). The van der Waals surface area contributed by atoms with Gasteiger partial charge in [-0.2, -0.15) is 0 Å². The Morgan fingerprint density at radius 2 is 1.71 bits per heavy atom. The van der Waals surface area contributed by atoms with Crippen LogP contribution in [0.2, 0.25) is 10.0 Å². The van der Waals surface area contributed by atoms with Gasteiger partial charge in [-0.3, -0.25) is 9.59 Å². The van der Waals surface area contributed by atoms with Gasteiger partial charge in [0.2, 0.25) is 0 Å². The summed E-state index contributed by atoms with van der Waals surface area (Å²) < 4.78 is 10.8. The van der Waals surface area contributed by atoms with Crippen LogP contribution in [0.1, 0.15) is 28.4 Å². The quantitative estimate of drug-likeness (QED) is 0.425. The maximum atomic E-state index is 12.9. The molecule has 0 aliphatic carbocycles. The summed E-state index contributed by atoms with van der Waals surface area (Å²) in [6.07, 6.45) is 0.105. The van der Waals surface area contributed by atoms with Crippen molar-refractivity contribution in [1.82, 2.24) is 0 Å². The highest BCUT2D eigenvalue weighted by Crippen LogP contribution is 2.28. The number of hydrogen-bond donors (Lipinski definition) is 1. The van der Waals surface area contributed by atoms with E-state index in [0.29, 0.717) is 40.3 Å². The molecule has 160 valence electrons. The fourth-order valence-electron chi connectivity index (χ4n) is 2.88. The van der Waals surface area contributed by atoms with Crippen LogP contribution in [-0.2, 0) is 22.6 Å². The number of ether oxygens (including phenoxy) is 2.